The summed E-state index contributed by atoms with van der Waals surface area (Å²) in [6.45, 7) is 2.41. The first-order chi connectivity index (χ1) is 13.1. The predicted octanol–water partition coefficient (Wildman–Crippen LogP) is 4.19. The number of aryl methyl sites for hydroxylation is 1. The van der Waals surface area contributed by atoms with E-state index >= 15 is 0 Å². The number of amides is 1. The van der Waals surface area contributed by atoms with Gasteiger partial charge in [0.1, 0.15) is 5.82 Å². The van der Waals surface area contributed by atoms with Gasteiger partial charge in [0, 0.05) is 16.8 Å². The normalized spacial score (nSPS) is 16.0. The van der Waals surface area contributed by atoms with Crippen molar-refractivity contribution < 1.29 is 9.18 Å². The van der Waals surface area contributed by atoms with Gasteiger partial charge in [-0.1, -0.05) is 36.4 Å². The van der Waals surface area contributed by atoms with E-state index in [4.69, 9.17) is 0 Å². The van der Waals surface area contributed by atoms with Crippen LogP contribution in [-0.4, -0.2) is 15.7 Å². The van der Waals surface area contributed by atoms with Gasteiger partial charge in [-0.05, 0) is 49.4 Å². The third-order valence-corrected chi connectivity index (χ3v) is 5.18. The van der Waals surface area contributed by atoms with E-state index in [1.165, 1.54) is 17.3 Å². The van der Waals surface area contributed by atoms with Crippen molar-refractivity contribution in [3.8, 4) is 0 Å². The molecule has 1 atom stereocenters. The molecule has 4 rings (SSSR count). The van der Waals surface area contributed by atoms with Crippen LogP contribution in [0.15, 0.2) is 54.7 Å². The highest BCUT2D eigenvalue weighted by molar-refractivity contribution is 5.94. The number of hydrogen-bond acceptors (Lipinski definition) is 2. The Morgan fingerprint density at radius 3 is 2.85 bits per heavy atom. The van der Waals surface area contributed by atoms with Crippen LogP contribution in [0.1, 0.15) is 51.6 Å². The summed E-state index contributed by atoms with van der Waals surface area (Å²) < 4.78 is 15.8. The molecular formula is C22H22FN3O. The molecule has 27 heavy (non-hydrogen) atoms. The van der Waals surface area contributed by atoms with Crippen LogP contribution in [0.3, 0.4) is 0 Å². The SMILES string of the molecule is Cc1ccc(C(=O)NC2CCCc3c2cnn3Cc2ccccc2)cc1F. The lowest BCUT2D eigenvalue weighted by molar-refractivity contribution is 0.0932. The molecule has 0 saturated heterocycles. The monoisotopic (exact) mass is 363 g/mol. The molecule has 2 aromatic carbocycles. The van der Waals surface area contributed by atoms with Crippen molar-refractivity contribution in [2.24, 2.45) is 0 Å². The number of carbonyl (C=O) groups is 1. The van der Waals surface area contributed by atoms with Crippen LogP contribution in [0, 0.1) is 12.7 Å². The van der Waals surface area contributed by atoms with Gasteiger partial charge in [0.25, 0.3) is 5.91 Å². The summed E-state index contributed by atoms with van der Waals surface area (Å²) >= 11 is 0. The van der Waals surface area contributed by atoms with Crippen molar-refractivity contribution in [1.82, 2.24) is 15.1 Å². The van der Waals surface area contributed by atoms with E-state index in [-0.39, 0.29) is 17.8 Å². The fraction of sp³-hybridized carbons (Fsp3) is 0.273. The summed E-state index contributed by atoms with van der Waals surface area (Å²) in [6, 6.07) is 14.7. The average molecular weight is 363 g/mol. The Hall–Kier alpha value is -2.95. The third-order valence-electron chi connectivity index (χ3n) is 5.18. The van der Waals surface area contributed by atoms with E-state index in [0.29, 0.717) is 11.1 Å². The highest BCUT2D eigenvalue weighted by Gasteiger charge is 2.26. The summed E-state index contributed by atoms with van der Waals surface area (Å²) in [6.07, 6.45) is 4.66. The Kier molecular flexibility index (Phi) is 4.75. The Morgan fingerprint density at radius 1 is 1.26 bits per heavy atom. The van der Waals surface area contributed by atoms with Crippen molar-refractivity contribution >= 4 is 5.91 Å². The molecule has 1 N–H and O–H groups in total. The zero-order chi connectivity index (χ0) is 18.8. The first kappa shape index (κ1) is 17.5. The molecule has 1 amide bonds. The van der Waals surface area contributed by atoms with Crippen LogP contribution < -0.4 is 5.32 Å². The van der Waals surface area contributed by atoms with Crippen LogP contribution >= 0.6 is 0 Å². The summed E-state index contributed by atoms with van der Waals surface area (Å²) in [5, 5.41) is 7.61. The van der Waals surface area contributed by atoms with Gasteiger partial charge < -0.3 is 5.32 Å². The predicted molar refractivity (Wildman–Crippen MR) is 102 cm³/mol. The minimum absolute atomic E-state index is 0.0878. The minimum Gasteiger partial charge on any atom is -0.345 e. The van der Waals surface area contributed by atoms with E-state index in [9.17, 15) is 9.18 Å². The van der Waals surface area contributed by atoms with Crippen LogP contribution in [0.25, 0.3) is 0 Å². The Balaban J connectivity index is 1.53. The molecule has 0 fully saturated rings. The first-order valence-electron chi connectivity index (χ1n) is 9.27. The van der Waals surface area contributed by atoms with Crippen LogP contribution in [-0.2, 0) is 13.0 Å². The third kappa shape index (κ3) is 3.63. The molecule has 0 aliphatic heterocycles. The summed E-state index contributed by atoms with van der Waals surface area (Å²) in [5.74, 6) is -0.606. The molecule has 0 radical (unpaired) electrons. The zero-order valence-electron chi connectivity index (χ0n) is 15.3. The molecule has 138 valence electrons. The maximum Gasteiger partial charge on any atom is 0.251 e. The maximum absolute atomic E-state index is 13.8. The fourth-order valence-corrected chi connectivity index (χ4v) is 3.64. The van der Waals surface area contributed by atoms with Crippen LogP contribution in [0.5, 0.6) is 0 Å². The topological polar surface area (TPSA) is 46.9 Å². The second-order valence-electron chi connectivity index (χ2n) is 7.07. The number of aromatic nitrogens is 2. The Morgan fingerprint density at radius 2 is 2.07 bits per heavy atom. The number of rotatable bonds is 4. The smallest absolute Gasteiger partial charge is 0.251 e. The molecule has 0 saturated carbocycles. The van der Waals surface area contributed by atoms with Gasteiger partial charge in [-0.15, -0.1) is 0 Å². The molecule has 1 aromatic heterocycles. The van der Waals surface area contributed by atoms with Gasteiger partial charge in [-0.2, -0.15) is 5.10 Å². The highest BCUT2D eigenvalue weighted by atomic mass is 19.1. The second-order valence-corrected chi connectivity index (χ2v) is 7.07. The van der Waals surface area contributed by atoms with Crippen molar-refractivity contribution in [3.63, 3.8) is 0 Å². The molecule has 4 nitrogen and oxygen atoms in total. The number of carbonyl (C=O) groups excluding carboxylic acids is 1. The number of benzene rings is 2. The molecule has 3 aromatic rings. The van der Waals surface area contributed by atoms with E-state index in [0.717, 1.165) is 31.4 Å². The highest BCUT2D eigenvalue weighted by Crippen LogP contribution is 2.30. The van der Waals surface area contributed by atoms with E-state index in [2.05, 4.69) is 22.5 Å². The van der Waals surface area contributed by atoms with Gasteiger partial charge in [0.15, 0.2) is 0 Å². The minimum atomic E-state index is -0.359. The molecule has 1 heterocycles. The summed E-state index contributed by atoms with van der Waals surface area (Å²) in [5.41, 5.74) is 4.32. The largest absolute Gasteiger partial charge is 0.345 e. The van der Waals surface area contributed by atoms with Crippen molar-refractivity contribution in [1.29, 1.82) is 0 Å². The van der Waals surface area contributed by atoms with Crippen molar-refractivity contribution in [2.75, 3.05) is 0 Å². The van der Waals surface area contributed by atoms with Gasteiger partial charge in [-0.3, -0.25) is 9.48 Å². The van der Waals surface area contributed by atoms with Crippen molar-refractivity contribution in [3.05, 3.63) is 88.5 Å². The molecule has 1 aliphatic rings. The molecule has 0 spiro atoms. The Bertz CT molecular complexity index is 965. The van der Waals surface area contributed by atoms with Crippen LogP contribution in [0.2, 0.25) is 0 Å². The lowest BCUT2D eigenvalue weighted by Gasteiger charge is -2.24. The lowest BCUT2D eigenvalue weighted by Crippen LogP contribution is -2.31. The molecule has 5 heteroatoms. The first-order valence-corrected chi connectivity index (χ1v) is 9.27. The summed E-state index contributed by atoms with van der Waals surface area (Å²) in [7, 11) is 0. The van der Waals surface area contributed by atoms with E-state index < -0.39 is 0 Å². The van der Waals surface area contributed by atoms with Gasteiger partial charge in [0.2, 0.25) is 0 Å². The second kappa shape index (κ2) is 7.35. The van der Waals surface area contributed by atoms with Gasteiger partial charge in [-0.25, -0.2) is 4.39 Å². The van der Waals surface area contributed by atoms with Crippen molar-refractivity contribution in [2.45, 2.75) is 38.8 Å². The zero-order valence-corrected chi connectivity index (χ0v) is 15.3. The number of nitrogens with zero attached hydrogens (tertiary/aromatic N) is 2. The summed E-state index contributed by atoms with van der Waals surface area (Å²) in [4.78, 5) is 12.6. The van der Waals surface area contributed by atoms with E-state index in [1.807, 2.05) is 29.1 Å². The fourth-order valence-electron chi connectivity index (χ4n) is 3.64. The average Bonchev–Trinajstić information content (AvgIpc) is 3.09. The standard InChI is InChI=1S/C22H22FN3O/c1-15-10-11-17(12-19(15)23)22(27)25-20-8-5-9-21-18(20)13-24-26(21)14-16-6-3-2-4-7-16/h2-4,6-7,10-13,20H,5,8-9,14H2,1H3,(H,25,27). The Labute approximate surface area is 158 Å². The maximum atomic E-state index is 13.8. The van der Waals surface area contributed by atoms with Crippen LogP contribution in [0.4, 0.5) is 4.39 Å². The van der Waals surface area contributed by atoms with Gasteiger partial charge in [0.05, 0.1) is 18.8 Å². The van der Waals surface area contributed by atoms with E-state index in [1.54, 1.807) is 19.1 Å². The van der Waals surface area contributed by atoms with Gasteiger partial charge >= 0.3 is 0 Å². The molecule has 1 aliphatic carbocycles. The quantitative estimate of drug-likeness (QED) is 0.756. The molecular weight excluding hydrogens is 341 g/mol. The number of halogens is 1. The lowest BCUT2D eigenvalue weighted by atomic mass is 9.92. The number of fused-ring (bicyclic) bond motifs is 1. The number of hydrogen-bond donors (Lipinski definition) is 1. The molecule has 0 bridgehead atoms. The number of nitrogens with one attached hydrogen (secondary N) is 1. The molecule has 1 unspecified atom stereocenters.